The maximum atomic E-state index is 6.92. The van der Waals surface area contributed by atoms with Crippen LogP contribution in [0.4, 0.5) is 0 Å². The second kappa shape index (κ2) is 17.7. The van der Waals surface area contributed by atoms with Gasteiger partial charge in [-0.05, 0) is 34.7 Å². The summed E-state index contributed by atoms with van der Waals surface area (Å²) < 4.78 is 40.0. The minimum absolute atomic E-state index is 0.243. The number of hydrogen-bond acceptors (Lipinski definition) is 6. The molecule has 49 heavy (non-hydrogen) atoms. The molecule has 0 unspecified atom stereocenters. The molecule has 5 aromatic carbocycles. The molecule has 0 N–H and O–H groups in total. The summed E-state index contributed by atoms with van der Waals surface area (Å²) in [5, 5.41) is 0. The highest BCUT2D eigenvalue weighted by Gasteiger charge is 2.44. The first kappa shape index (κ1) is 34.3. The van der Waals surface area contributed by atoms with Crippen LogP contribution in [0.2, 0.25) is 0 Å². The van der Waals surface area contributed by atoms with Gasteiger partial charge in [0.25, 0.3) is 0 Å². The second-order valence-electron chi connectivity index (χ2n) is 12.1. The van der Waals surface area contributed by atoms with Gasteiger partial charge in [0, 0.05) is 7.11 Å². The van der Waals surface area contributed by atoms with E-state index < -0.39 is 24.6 Å². The summed E-state index contributed by atoms with van der Waals surface area (Å²) in [7, 11) is 1.65. The summed E-state index contributed by atoms with van der Waals surface area (Å²) in [6, 6.07) is 48.8. The predicted molar refractivity (Wildman–Crippen MR) is 191 cm³/mol. The molecule has 6 rings (SSSR count). The van der Waals surface area contributed by atoms with Gasteiger partial charge in [0.1, 0.15) is 30.7 Å². The molecule has 0 radical (unpaired) electrons. The summed E-state index contributed by atoms with van der Waals surface area (Å²) in [5.74, 6) is 0.612. The van der Waals surface area contributed by atoms with Crippen LogP contribution in [0.25, 0.3) is 5.57 Å². The van der Waals surface area contributed by atoms with Crippen molar-refractivity contribution in [2.45, 2.75) is 58.0 Å². The number of ether oxygens (including phenoxy) is 6. The van der Waals surface area contributed by atoms with Crippen LogP contribution in [0.3, 0.4) is 0 Å². The molecule has 0 bridgehead atoms. The van der Waals surface area contributed by atoms with Crippen molar-refractivity contribution >= 4 is 5.57 Å². The van der Waals surface area contributed by atoms with E-state index in [2.05, 4.69) is 61.5 Å². The number of methoxy groups -OCH3 is 1. The number of hydrogen-bond donors (Lipinski definition) is 0. The summed E-state index contributed by atoms with van der Waals surface area (Å²) in [5.41, 5.74) is 6.97. The number of benzene rings is 5. The highest BCUT2D eigenvalue weighted by atomic mass is 16.7. The zero-order valence-corrected chi connectivity index (χ0v) is 28.2. The van der Waals surface area contributed by atoms with Crippen LogP contribution in [0.1, 0.15) is 33.4 Å². The quantitative estimate of drug-likeness (QED) is 0.112. The fraction of sp³-hybridized carbons (Fsp3) is 0.256. The standard InChI is InChI=1S/C43H44O6/c1-32-16-15-25-37(26-32)39-41(47-29-35-21-11-5-12-22-35)42(48-30-36-23-13-6-14-24-36)40(46-28-34-19-9-4-10-20-34)38(49-43(39)44-2)31-45-27-33-17-7-3-8-18-33/h3-26,38,40,42-43H,27-31H2,1-2H3/t38-,40-,42+,43+/m1/s1. The van der Waals surface area contributed by atoms with Crippen LogP contribution in [0.15, 0.2) is 151 Å². The monoisotopic (exact) mass is 656 g/mol. The van der Waals surface area contributed by atoms with Gasteiger partial charge in [-0.25, -0.2) is 0 Å². The first-order valence-electron chi connectivity index (χ1n) is 16.8. The first-order valence-corrected chi connectivity index (χ1v) is 16.8. The van der Waals surface area contributed by atoms with Gasteiger partial charge in [0.15, 0.2) is 6.29 Å². The summed E-state index contributed by atoms with van der Waals surface area (Å²) in [6.07, 6.45) is -2.65. The van der Waals surface area contributed by atoms with Crippen LogP contribution < -0.4 is 0 Å². The second-order valence-corrected chi connectivity index (χ2v) is 12.1. The molecular formula is C43H44O6. The lowest BCUT2D eigenvalue weighted by Gasteiger charge is -2.33. The first-order chi connectivity index (χ1) is 24.2. The van der Waals surface area contributed by atoms with Crippen LogP contribution in [0.5, 0.6) is 0 Å². The minimum atomic E-state index is -0.786. The smallest absolute Gasteiger partial charge is 0.187 e. The molecule has 252 valence electrons. The summed E-state index contributed by atoms with van der Waals surface area (Å²) in [4.78, 5) is 0. The Balaban J connectivity index is 1.44. The van der Waals surface area contributed by atoms with E-state index in [4.69, 9.17) is 28.4 Å². The van der Waals surface area contributed by atoms with Crippen molar-refractivity contribution in [3.05, 3.63) is 185 Å². The van der Waals surface area contributed by atoms with E-state index in [1.54, 1.807) is 7.11 Å². The van der Waals surface area contributed by atoms with E-state index in [0.717, 1.165) is 39.0 Å². The van der Waals surface area contributed by atoms with Gasteiger partial charge in [-0.3, -0.25) is 0 Å². The van der Waals surface area contributed by atoms with Crippen LogP contribution in [-0.2, 0) is 54.8 Å². The van der Waals surface area contributed by atoms with Gasteiger partial charge in [-0.2, -0.15) is 0 Å². The summed E-state index contributed by atoms with van der Waals surface area (Å²) >= 11 is 0. The lowest BCUT2D eigenvalue weighted by molar-refractivity contribution is -0.198. The zero-order valence-electron chi connectivity index (χ0n) is 28.2. The highest BCUT2D eigenvalue weighted by Crippen LogP contribution is 2.38. The van der Waals surface area contributed by atoms with Crippen molar-refractivity contribution in [3.63, 3.8) is 0 Å². The molecule has 1 heterocycles. The maximum Gasteiger partial charge on any atom is 0.187 e. The SMILES string of the molecule is CO[C@H]1O[C@H](COCc2ccccc2)[C@@H](OCc2ccccc2)[C@H](OCc2ccccc2)C(OCc2ccccc2)=C1c1cccc(C)c1. The third-order valence-corrected chi connectivity index (χ3v) is 8.45. The van der Waals surface area contributed by atoms with Crippen molar-refractivity contribution in [1.82, 2.24) is 0 Å². The van der Waals surface area contributed by atoms with Crippen molar-refractivity contribution in [3.8, 4) is 0 Å². The molecule has 5 aromatic rings. The fourth-order valence-corrected chi connectivity index (χ4v) is 5.97. The topological polar surface area (TPSA) is 55.4 Å². The molecule has 0 fully saturated rings. The highest BCUT2D eigenvalue weighted by molar-refractivity contribution is 5.71. The zero-order chi connectivity index (χ0) is 33.7. The average Bonchev–Trinajstić information content (AvgIpc) is 3.27. The van der Waals surface area contributed by atoms with E-state index in [1.165, 1.54) is 0 Å². The Hall–Kier alpha value is -4.56. The van der Waals surface area contributed by atoms with Crippen LogP contribution in [0, 0.1) is 6.92 Å². The van der Waals surface area contributed by atoms with Crippen molar-refractivity contribution < 1.29 is 28.4 Å². The van der Waals surface area contributed by atoms with E-state index in [1.807, 2.05) is 91.0 Å². The Labute approximate surface area is 289 Å². The van der Waals surface area contributed by atoms with Gasteiger partial charge in [0.2, 0.25) is 0 Å². The molecule has 0 amide bonds. The van der Waals surface area contributed by atoms with Gasteiger partial charge < -0.3 is 28.4 Å². The van der Waals surface area contributed by atoms with E-state index in [0.29, 0.717) is 32.2 Å². The van der Waals surface area contributed by atoms with E-state index in [9.17, 15) is 0 Å². The van der Waals surface area contributed by atoms with Crippen LogP contribution >= 0.6 is 0 Å². The normalized spacial score (nSPS) is 19.4. The minimum Gasteiger partial charge on any atom is -0.490 e. The predicted octanol–water partition coefficient (Wildman–Crippen LogP) is 8.68. The van der Waals surface area contributed by atoms with Crippen molar-refractivity contribution in [1.29, 1.82) is 0 Å². The molecule has 0 spiro atoms. The Bertz CT molecular complexity index is 1730. The molecule has 0 aliphatic carbocycles. The Kier molecular flexibility index (Phi) is 12.4. The fourth-order valence-electron chi connectivity index (χ4n) is 5.97. The Morgan fingerprint density at radius 1 is 0.571 bits per heavy atom. The largest absolute Gasteiger partial charge is 0.490 e. The van der Waals surface area contributed by atoms with E-state index in [-0.39, 0.29) is 6.61 Å². The lowest BCUT2D eigenvalue weighted by Crippen LogP contribution is -2.45. The van der Waals surface area contributed by atoms with Crippen molar-refractivity contribution in [2.24, 2.45) is 0 Å². The van der Waals surface area contributed by atoms with E-state index >= 15 is 0 Å². The molecule has 6 nitrogen and oxygen atoms in total. The molecule has 0 saturated carbocycles. The molecule has 1 aliphatic heterocycles. The summed E-state index contributed by atoms with van der Waals surface area (Å²) in [6.45, 7) is 3.75. The Morgan fingerprint density at radius 2 is 1.10 bits per heavy atom. The number of aryl methyl sites for hydroxylation is 1. The average molecular weight is 657 g/mol. The molecule has 1 aliphatic rings. The van der Waals surface area contributed by atoms with Crippen molar-refractivity contribution in [2.75, 3.05) is 13.7 Å². The van der Waals surface area contributed by atoms with Gasteiger partial charge >= 0.3 is 0 Å². The third-order valence-electron chi connectivity index (χ3n) is 8.45. The Morgan fingerprint density at radius 3 is 1.65 bits per heavy atom. The van der Waals surface area contributed by atoms with Crippen LogP contribution in [-0.4, -0.2) is 38.3 Å². The van der Waals surface area contributed by atoms with Gasteiger partial charge in [0.05, 0.1) is 32.0 Å². The third kappa shape index (κ3) is 9.54. The van der Waals surface area contributed by atoms with Gasteiger partial charge in [-0.1, -0.05) is 151 Å². The molecular weight excluding hydrogens is 612 g/mol. The molecule has 6 heteroatoms. The molecule has 4 atom stereocenters. The lowest BCUT2D eigenvalue weighted by atomic mass is 9.97. The number of rotatable bonds is 15. The maximum absolute atomic E-state index is 6.92. The molecule has 0 aromatic heterocycles. The van der Waals surface area contributed by atoms with Gasteiger partial charge in [-0.15, -0.1) is 0 Å². The molecule has 0 saturated heterocycles.